The zero-order chi connectivity index (χ0) is 19.7. The van der Waals surface area contributed by atoms with Gasteiger partial charge in [0, 0.05) is 24.5 Å². The van der Waals surface area contributed by atoms with Crippen LogP contribution < -0.4 is 4.90 Å². The molecule has 2 heterocycles. The molecule has 1 aromatic heterocycles. The summed E-state index contributed by atoms with van der Waals surface area (Å²) in [7, 11) is 0. The molecule has 1 amide bonds. The Morgan fingerprint density at radius 3 is 2.48 bits per heavy atom. The molecule has 1 atom stereocenters. The van der Waals surface area contributed by atoms with E-state index < -0.39 is 17.7 Å². The topological polar surface area (TPSA) is 70.5 Å². The number of hydrogen-bond acceptors (Lipinski definition) is 4. The van der Waals surface area contributed by atoms with E-state index in [4.69, 9.17) is 0 Å². The van der Waals surface area contributed by atoms with Gasteiger partial charge < -0.3 is 5.11 Å². The number of anilines is 1. The zero-order valence-electron chi connectivity index (χ0n) is 16.1. The normalized spacial score (nSPS) is 17.1. The third-order valence-corrected chi connectivity index (χ3v) is 4.96. The number of pyridine rings is 1. The van der Waals surface area contributed by atoms with E-state index in [1.807, 2.05) is 45.9 Å². The van der Waals surface area contributed by atoms with Crippen molar-refractivity contribution in [1.82, 2.24) is 4.98 Å². The lowest BCUT2D eigenvalue weighted by Crippen LogP contribution is -2.31. The molecule has 3 rings (SSSR count). The van der Waals surface area contributed by atoms with Crippen molar-refractivity contribution in [3.05, 3.63) is 70.7 Å². The minimum Gasteiger partial charge on any atom is -0.503 e. The summed E-state index contributed by atoms with van der Waals surface area (Å²) in [5.41, 5.74) is 3.59. The molecule has 0 saturated heterocycles. The summed E-state index contributed by atoms with van der Waals surface area (Å²) in [4.78, 5) is 31.5. The van der Waals surface area contributed by atoms with Crippen LogP contribution in [-0.4, -0.2) is 21.8 Å². The first-order valence-electron chi connectivity index (χ1n) is 9.09. The average molecular weight is 364 g/mol. The molecule has 0 radical (unpaired) electrons. The highest BCUT2D eigenvalue weighted by Gasteiger charge is 2.44. The van der Waals surface area contributed by atoms with Crippen molar-refractivity contribution in [1.29, 1.82) is 0 Å². The SMILES string of the molecule is Cc1cccc(N2C(=O)C(O)=C(C(=O)CC(C)C)C2c2ccncc2)c1C. The standard InChI is InChI=1S/C22H24N2O3/c1-13(2)12-18(25)19-20(16-8-10-23-11-9-16)24(22(27)21(19)26)17-7-5-6-14(3)15(17)4/h5-11,13,20,26H,12H2,1-4H3. The van der Waals surface area contributed by atoms with Crippen LogP contribution in [0.25, 0.3) is 0 Å². The van der Waals surface area contributed by atoms with Crippen molar-refractivity contribution in [2.45, 2.75) is 40.2 Å². The van der Waals surface area contributed by atoms with Gasteiger partial charge in [-0.05, 0) is 54.7 Å². The highest BCUT2D eigenvalue weighted by Crippen LogP contribution is 2.42. The van der Waals surface area contributed by atoms with Gasteiger partial charge in [-0.1, -0.05) is 26.0 Å². The summed E-state index contributed by atoms with van der Waals surface area (Å²) < 4.78 is 0. The molecule has 0 fully saturated rings. The second kappa shape index (κ2) is 7.35. The lowest BCUT2D eigenvalue weighted by atomic mass is 9.92. The number of aromatic nitrogens is 1. The van der Waals surface area contributed by atoms with Crippen molar-refractivity contribution in [3.63, 3.8) is 0 Å². The van der Waals surface area contributed by atoms with E-state index in [0.717, 1.165) is 16.7 Å². The second-order valence-electron chi connectivity index (χ2n) is 7.36. The molecular formula is C22H24N2O3. The first-order valence-corrected chi connectivity index (χ1v) is 9.09. The Hall–Kier alpha value is -2.95. The van der Waals surface area contributed by atoms with Crippen LogP contribution >= 0.6 is 0 Å². The summed E-state index contributed by atoms with van der Waals surface area (Å²) in [6, 6.07) is 8.58. The number of carbonyl (C=O) groups is 2. The highest BCUT2D eigenvalue weighted by molar-refractivity contribution is 6.16. The quantitative estimate of drug-likeness (QED) is 0.862. The summed E-state index contributed by atoms with van der Waals surface area (Å²) in [6.45, 7) is 7.79. The van der Waals surface area contributed by atoms with Crippen LogP contribution in [0.4, 0.5) is 5.69 Å². The van der Waals surface area contributed by atoms with Crippen molar-refractivity contribution in [3.8, 4) is 0 Å². The van der Waals surface area contributed by atoms with Gasteiger partial charge in [-0.25, -0.2) is 0 Å². The van der Waals surface area contributed by atoms with Crippen molar-refractivity contribution >= 4 is 17.4 Å². The molecule has 0 saturated carbocycles. The molecule has 1 unspecified atom stereocenters. The van der Waals surface area contributed by atoms with Gasteiger partial charge in [-0.3, -0.25) is 19.5 Å². The Kier molecular flexibility index (Phi) is 5.13. The monoisotopic (exact) mass is 364 g/mol. The van der Waals surface area contributed by atoms with Gasteiger partial charge in [0.1, 0.15) is 0 Å². The maximum absolute atomic E-state index is 13.0. The maximum Gasteiger partial charge on any atom is 0.294 e. The van der Waals surface area contributed by atoms with Crippen LogP contribution in [0, 0.1) is 19.8 Å². The number of carbonyl (C=O) groups excluding carboxylic acids is 2. The Labute approximate surface area is 159 Å². The van der Waals surface area contributed by atoms with Crippen LogP contribution in [0.5, 0.6) is 0 Å². The molecular weight excluding hydrogens is 340 g/mol. The summed E-state index contributed by atoms with van der Waals surface area (Å²) in [6.07, 6.45) is 3.52. The summed E-state index contributed by atoms with van der Waals surface area (Å²) >= 11 is 0. The predicted octanol–water partition coefficient (Wildman–Crippen LogP) is 4.21. The number of benzene rings is 1. The van der Waals surface area contributed by atoms with E-state index in [1.54, 1.807) is 24.5 Å². The molecule has 1 aliphatic rings. The first kappa shape index (κ1) is 18.8. The number of aliphatic hydroxyl groups excluding tert-OH is 1. The van der Waals surface area contributed by atoms with E-state index in [9.17, 15) is 14.7 Å². The van der Waals surface area contributed by atoms with E-state index in [0.29, 0.717) is 5.69 Å². The van der Waals surface area contributed by atoms with Crippen LogP contribution in [0.2, 0.25) is 0 Å². The molecule has 5 heteroatoms. The maximum atomic E-state index is 13.0. The molecule has 0 bridgehead atoms. The van der Waals surface area contributed by atoms with Gasteiger partial charge in [0.05, 0.1) is 11.6 Å². The summed E-state index contributed by atoms with van der Waals surface area (Å²) in [5, 5.41) is 10.6. The molecule has 0 spiro atoms. The molecule has 140 valence electrons. The van der Waals surface area contributed by atoms with Gasteiger partial charge in [-0.2, -0.15) is 0 Å². The number of hydrogen-bond donors (Lipinski definition) is 1. The van der Waals surface area contributed by atoms with Gasteiger partial charge in [0.15, 0.2) is 11.5 Å². The van der Waals surface area contributed by atoms with E-state index in [1.165, 1.54) is 4.90 Å². The van der Waals surface area contributed by atoms with E-state index in [2.05, 4.69) is 4.98 Å². The van der Waals surface area contributed by atoms with Crippen LogP contribution in [-0.2, 0) is 9.59 Å². The van der Waals surface area contributed by atoms with Crippen molar-refractivity contribution < 1.29 is 14.7 Å². The van der Waals surface area contributed by atoms with Gasteiger partial charge in [0.2, 0.25) is 0 Å². The molecule has 0 aliphatic carbocycles. The van der Waals surface area contributed by atoms with Gasteiger partial charge in [0.25, 0.3) is 5.91 Å². The number of aliphatic hydroxyl groups is 1. The fourth-order valence-electron chi connectivity index (χ4n) is 3.48. The van der Waals surface area contributed by atoms with E-state index >= 15 is 0 Å². The second-order valence-corrected chi connectivity index (χ2v) is 7.36. The van der Waals surface area contributed by atoms with Gasteiger partial charge in [-0.15, -0.1) is 0 Å². The molecule has 1 aromatic carbocycles. The third kappa shape index (κ3) is 3.37. The number of nitrogens with zero attached hydrogens (tertiary/aromatic N) is 2. The fourth-order valence-corrected chi connectivity index (χ4v) is 3.48. The smallest absolute Gasteiger partial charge is 0.294 e. The molecule has 27 heavy (non-hydrogen) atoms. The third-order valence-electron chi connectivity index (χ3n) is 4.96. The molecule has 2 aromatic rings. The number of aryl methyl sites for hydroxylation is 1. The van der Waals surface area contributed by atoms with Gasteiger partial charge >= 0.3 is 0 Å². The van der Waals surface area contributed by atoms with Crippen LogP contribution in [0.15, 0.2) is 54.1 Å². The summed E-state index contributed by atoms with van der Waals surface area (Å²) in [5.74, 6) is -1.08. The number of amides is 1. The lowest BCUT2D eigenvalue weighted by molar-refractivity contribution is -0.118. The average Bonchev–Trinajstić information content (AvgIpc) is 2.89. The first-order chi connectivity index (χ1) is 12.8. The largest absolute Gasteiger partial charge is 0.503 e. The number of rotatable bonds is 5. The minimum absolute atomic E-state index is 0.126. The Morgan fingerprint density at radius 1 is 1.19 bits per heavy atom. The van der Waals surface area contributed by atoms with Crippen molar-refractivity contribution in [2.24, 2.45) is 5.92 Å². The Balaban J connectivity index is 2.18. The number of Topliss-reactive ketones (excluding diaryl/α,β-unsaturated/α-hetero) is 1. The zero-order valence-corrected chi connectivity index (χ0v) is 16.1. The predicted molar refractivity (Wildman–Crippen MR) is 104 cm³/mol. The lowest BCUT2D eigenvalue weighted by Gasteiger charge is -2.28. The molecule has 1 aliphatic heterocycles. The Morgan fingerprint density at radius 2 is 1.85 bits per heavy atom. The van der Waals surface area contributed by atoms with Crippen LogP contribution in [0.3, 0.4) is 0 Å². The minimum atomic E-state index is -0.660. The van der Waals surface area contributed by atoms with E-state index in [-0.39, 0.29) is 23.7 Å². The van der Waals surface area contributed by atoms with Crippen molar-refractivity contribution in [2.75, 3.05) is 4.90 Å². The Bertz CT molecular complexity index is 916. The molecule has 5 nitrogen and oxygen atoms in total. The fraction of sp³-hybridized carbons (Fsp3) is 0.318. The number of ketones is 1. The van der Waals surface area contributed by atoms with Crippen LogP contribution in [0.1, 0.15) is 43.0 Å². The molecule has 1 N–H and O–H groups in total. The highest BCUT2D eigenvalue weighted by atomic mass is 16.3.